The number of nitrogen functional groups attached to an aromatic ring is 1. The molecule has 2 fully saturated rings. The van der Waals surface area contributed by atoms with Gasteiger partial charge in [0.2, 0.25) is 0 Å². The Kier molecular flexibility index (Phi) is 5.78. The molecule has 36 heavy (non-hydrogen) atoms. The summed E-state index contributed by atoms with van der Waals surface area (Å²) in [6.07, 6.45) is 7.70. The summed E-state index contributed by atoms with van der Waals surface area (Å²) >= 11 is 0. The van der Waals surface area contributed by atoms with Crippen molar-refractivity contribution in [2.45, 2.75) is 18.8 Å². The molecule has 1 saturated heterocycles. The summed E-state index contributed by atoms with van der Waals surface area (Å²) in [6, 6.07) is 9.46. The Morgan fingerprint density at radius 3 is 2.86 bits per heavy atom. The largest absolute Gasteiger partial charge is 0.397 e. The van der Waals surface area contributed by atoms with Crippen molar-refractivity contribution in [1.82, 2.24) is 30.5 Å². The number of nitrogens with one attached hydrogen (secondary N) is 2. The molecule has 182 valence electrons. The van der Waals surface area contributed by atoms with Crippen LogP contribution in [0.3, 0.4) is 0 Å². The standard InChI is InChI=1S/C26H27N9O/c1-16(18-7-8-30-23(13-18)32-21-3-2-4-22-25(21)34-36-33-22)31-26(35-11-9-28-10-12-35)24-19(17-5-6-17)14-29-15-20(24)27/h2-4,7-8,13-15,17,28H,1,5-6,9-12,27H2,(H,30,32)/b31-26+. The van der Waals surface area contributed by atoms with Gasteiger partial charge in [0.15, 0.2) is 5.52 Å². The summed E-state index contributed by atoms with van der Waals surface area (Å²) in [5, 5.41) is 14.6. The Bertz CT molecular complexity index is 1450. The molecule has 1 saturated carbocycles. The summed E-state index contributed by atoms with van der Waals surface area (Å²) < 4.78 is 4.87. The number of hydrogen-bond acceptors (Lipinski definition) is 9. The quantitative estimate of drug-likeness (QED) is 0.279. The van der Waals surface area contributed by atoms with Crippen LogP contribution in [0.1, 0.15) is 35.4 Å². The maximum atomic E-state index is 6.50. The molecule has 3 aromatic heterocycles. The molecule has 0 amide bonds. The van der Waals surface area contributed by atoms with Crippen LogP contribution in [0.25, 0.3) is 16.7 Å². The molecule has 0 atom stereocenters. The first kappa shape index (κ1) is 22.2. The van der Waals surface area contributed by atoms with Crippen molar-refractivity contribution in [2.24, 2.45) is 4.99 Å². The van der Waals surface area contributed by atoms with Crippen molar-refractivity contribution in [3.63, 3.8) is 0 Å². The lowest BCUT2D eigenvalue weighted by Gasteiger charge is -2.32. The normalized spacial score (nSPS) is 16.3. The van der Waals surface area contributed by atoms with E-state index in [1.807, 2.05) is 36.5 Å². The number of hydrogen-bond donors (Lipinski definition) is 3. The van der Waals surface area contributed by atoms with Gasteiger partial charge >= 0.3 is 0 Å². The number of aliphatic imine (C=N–C) groups is 1. The first-order valence-corrected chi connectivity index (χ1v) is 12.1. The fraction of sp³-hybridized carbons (Fsp3) is 0.269. The van der Waals surface area contributed by atoms with E-state index in [0.717, 1.165) is 61.7 Å². The zero-order chi connectivity index (χ0) is 24.5. The molecular formula is C26H27N9O. The predicted octanol–water partition coefficient (Wildman–Crippen LogP) is 3.54. The summed E-state index contributed by atoms with van der Waals surface area (Å²) in [7, 11) is 0. The maximum Gasteiger partial charge on any atom is 0.158 e. The zero-order valence-electron chi connectivity index (χ0n) is 19.8. The van der Waals surface area contributed by atoms with Gasteiger partial charge in [-0.25, -0.2) is 14.6 Å². The van der Waals surface area contributed by atoms with Crippen LogP contribution in [-0.2, 0) is 0 Å². The monoisotopic (exact) mass is 481 g/mol. The summed E-state index contributed by atoms with van der Waals surface area (Å²) in [5.41, 5.74) is 12.9. The number of fused-ring (bicyclic) bond motifs is 1. The minimum Gasteiger partial charge on any atom is -0.397 e. The van der Waals surface area contributed by atoms with Crippen molar-refractivity contribution in [2.75, 3.05) is 37.2 Å². The van der Waals surface area contributed by atoms with E-state index in [4.69, 9.17) is 15.4 Å². The van der Waals surface area contributed by atoms with Crippen LogP contribution in [0.2, 0.25) is 0 Å². The second-order valence-electron chi connectivity index (χ2n) is 9.08. The van der Waals surface area contributed by atoms with Crippen LogP contribution >= 0.6 is 0 Å². The van der Waals surface area contributed by atoms with Gasteiger partial charge in [0, 0.05) is 49.7 Å². The van der Waals surface area contributed by atoms with Gasteiger partial charge in [-0.3, -0.25) is 4.98 Å². The highest BCUT2D eigenvalue weighted by atomic mass is 16.6. The number of anilines is 3. The Morgan fingerprint density at radius 1 is 1.17 bits per heavy atom. The molecular weight excluding hydrogens is 454 g/mol. The lowest BCUT2D eigenvalue weighted by atomic mass is 10.0. The van der Waals surface area contributed by atoms with Gasteiger partial charge in [0.05, 0.1) is 23.3 Å². The molecule has 0 unspecified atom stereocenters. The summed E-state index contributed by atoms with van der Waals surface area (Å²) in [5.74, 6) is 1.99. The second-order valence-corrected chi connectivity index (χ2v) is 9.08. The zero-order valence-corrected chi connectivity index (χ0v) is 19.8. The van der Waals surface area contributed by atoms with Crippen LogP contribution < -0.4 is 16.4 Å². The number of piperazine rings is 1. The number of benzene rings is 1. The first-order valence-electron chi connectivity index (χ1n) is 12.1. The lowest BCUT2D eigenvalue weighted by Crippen LogP contribution is -2.47. The minimum absolute atomic E-state index is 0.489. The molecule has 4 aromatic rings. The summed E-state index contributed by atoms with van der Waals surface area (Å²) in [6.45, 7) is 7.78. The highest BCUT2D eigenvalue weighted by Crippen LogP contribution is 2.43. The van der Waals surface area contributed by atoms with Crippen molar-refractivity contribution in [3.05, 3.63) is 72.2 Å². The molecule has 10 nitrogen and oxygen atoms in total. The van der Waals surface area contributed by atoms with Crippen LogP contribution in [0, 0.1) is 0 Å². The van der Waals surface area contributed by atoms with Crippen LogP contribution in [-0.4, -0.2) is 57.2 Å². The SMILES string of the molecule is C=C(/N=C(\c1c(N)cncc1C1CC1)N1CCNCC1)c1ccnc(Nc2cccc3nonc23)c1. The third-order valence-corrected chi connectivity index (χ3v) is 6.54. The van der Waals surface area contributed by atoms with Gasteiger partial charge < -0.3 is 21.3 Å². The van der Waals surface area contributed by atoms with E-state index < -0.39 is 0 Å². The molecule has 1 aromatic carbocycles. The molecule has 4 heterocycles. The maximum absolute atomic E-state index is 6.50. The second kappa shape index (κ2) is 9.38. The number of pyridine rings is 2. The Balaban J connectivity index is 1.35. The number of rotatable bonds is 6. The summed E-state index contributed by atoms with van der Waals surface area (Å²) in [4.78, 5) is 16.2. The van der Waals surface area contributed by atoms with Gasteiger partial charge in [-0.15, -0.1) is 0 Å². The third-order valence-electron chi connectivity index (χ3n) is 6.54. The van der Waals surface area contributed by atoms with Crippen LogP contribution in [0.4, 0.5) is 17.2 Å². The van der Waals surface area contributed by atoms with Crippen LogP contribution in [0.5, 0.6) is 0 Å². The molecule has 4 N–H and O–H groups in total. The number of aromatic nitrogens is 4. The van der Waals surface area contributed by atoms with Crippen LogP contribution in [0.15, 0.2) is 65.1 Å². The number of amidine groups is 1. The minimum atomic E-state index is 0.489. The Hall–Kier alpha value is -4.31. The van der Waals surface area contributed by atoms with E-state index in [1.165, 1.54) is 5.56 Å². The van der Waals surface area contributed by atoms with E-state index in [9.17, 15) is 0 Å². The number of nitrogens with zero attached hydrogens (tertiary/aromatic N) is 6. The lowest BCUT2D eigenvalue weighted by molar-refractivity contribution is 0.315. The fourth-order valence-electron chi connectivity index (χ4n) is 4.53. The van der Waals surface area contributed by atoms with Gasteiger partial charge in [0.1, 0.15) is 17.2 Å². The Morgan fingerprint density at radius 2 is 2.03 bits per heavy atom. The molecule has 0 spiro atoms. The van der Waals surface area contributed by atoms with E-state index >= 15 is 0 Å². The van der Waals surface area contributed by atoms with E-state index in [2.05, 4.69) is 42.4 Å². The van der Waals surface area contributed by atoms with Crippen molar-refractivity contribution < 1.29 is 4.63 Å². The van der Waals surface area contributed by atoms with Gasteiger partial charge in [-0.2, -0.15) is 0 Å². The molecule has 10 heteroatoms. The number of nitrogens with two attached hydrogens (primary N) is 1. The third kappa shape index (κ3) is 4.38. The first-order chi connectivity index (χ1) is 17.7. The highest BCUT2D eigenvalue weighted by Gasteiger charge is 2.31. The molecule has 1 aliphatic carbocycles. The Labute approximate surface area is 208 Å². The van der Waals surface area contributed by atoms with Gasteiger partial charge in [-0.1, -0.05) is 12.6 Å². The molecule has 0 bridgehead atoms. The van der Waals surface area contributed by atoms with Gasteiger partial charge in [0.25, 0.3) is 0 Å². The fourth-order valence-corrected chi connectivity index (χ4v) is 4.53. The van der Waals surface area contributed by atoms with E-state index in [1.54, 1.807) is 12.4 Å². The average molecular weight is 482 g/mol. The van der Waals surface area contributed by atoms with E-state index in [0.29, 0.717) is 34.2 Å². The van der Waals surface area contributed by atoms with E-state index in [-0.39, 0.29) is 0 Å². The van der Waals surface area contributed by atoms with Crippen molar-refractivity contribution in [1.29, 1.82) is 0 Å². The highest BCUT2D eigenvalue weighted by molar-refractivity contribution is 6.06. The molecule has 0 radical (unpaired) electrons. The molecule has 1 aliphatic heterocycles. The molecule has 2 aliphatic rings. The van der Waals surface area contributed by atoms with Crippen molar-refractivity contribution in [3.8, 4) is 0 Å². The topological polar surface area (TPSA) is 130 Å². The average Bonchev–Trinajstić information content (AvgIpc) is 3.64. The smallest absolute Gasteiger partial charge is 0.158 e. The molecule has 6 rings (SSSR count). The van der Waals surface area contributed by atoms with Crippen molar-refractivity contribution >= 4 is 39.8 Å². The predicted molar refractivity (Wildman–Crippen MR) is 140 cm³/mol. The van der Waals surface area contributed by atoms with Gasteiger partial charge in [-0.05, 0) is 58.9 Å².